The van der Waals surface area contributed by atoms with Crippen LogP contribution in [-0.4, -0.2) is 36.9 Å². The molecule has 1 aliphatic heterocycles. The van der Waals surface area contributed by atoms with E-state index in [4.69, 9.17) is 5.73 Å². The molecule has 0 fully saturated rings. The van der Waals surface area contributed by atoms with E-state index in [2.05, 4.69) is 29.0 Å². The highest BCUT2D eigenvalue weighted by Gasteiger charge is 2.14. The van der Waals surface area contributed by atoms with Crippen LogP contribution in [0, 0.1) is 0 Å². The first kappa shape index (κ1) is 20.2. The summed E-state index contributed by atoms with van der Waals surface area (Å²) in [6, 6.07) is 0. The van der Waals surface area contributed by atoms with Crippen LogP contribution < -0.4 is 5.73 Å². The van der Waals surface area contributed by atoms with Crippen molar-refractivity contribution in [2.45, 2.75) is 84.0 Å². The Balaban J connectivity index is 1.83. The fourth-order valence-corrected chi connectivity index (χ4v) is 3.17. The highest BCUT2D eigenvalue weighted by molar-refractivity contribution is 5.83. The smallest absolute Gasteiger partial charge is 0.0990 e. The molecule has 0 radical (unpaired) electrons. The van der Waals surface area contributed by atoms with E-state index in [9.17, 15) is 0 Å². The van der Waals surface area contributed by atoms with Gasteiger partial charge < -0.3 is 10.6 Å². The average molecular weight is 322 g/mol. The SMILES string of the molecule is CCC/C=C/CCCCCCCCCCC1=NCCN1CCN. The van der Waals surface area contributed by atoms with Crippen molar-refractivity contribution < 1.29 is 0 Å². The molecule has 1 aliphatic rings. The van der Waals surface area contributed by atoms with Crippen LogP contribution in [0.25, 0.3) is 0 Å². The molecular formula is C20H39N3. The summed E-state index contributed by atoms with van der Waals surface area (Å²) in [5.41, 5.74) is 5.64. The standard InChI is InChI=1S/C20H39N3/c1-2-3-4-5-6-7-8-9-10-11-12-13-14-15-20-22-17-19-23(20)18-16-21/h4-5H,2-3,6-19,21H2,1H3/b5-4+. The molecule has 0 aromatic heterocycles. The minimum Gasteiger partial charge on any atom is -0.357 e. The van der Waals surface area contributed by atoms with Gasteiger partial charge in [0.15, 0.2) is 0 Å². The molecule has 0 aromatic rings. The van der Waals surface area contributed by atoms with Gasteiger partial charge in [0.1, 0.15) is 0 Å². The zero-order valence-corrected chi connectivity index (χ0v) is 15.4. The molecule has 3 heteroatoms. The van der Waals surface area contributed by atoms with Gasteiger partial charge in [0.25, 0.3) is 0 Å². The Morgan fingerprint density at radius 3 is 2.30 bits per heavy atom. The van der Waals surface area contributed by atoms with E-state index in [1.165, 1.54) is 76.5 Å². The molecule has 23 heavy (non-hydrogen) atoms. The molecule has 2 N–H and O–H groups in total. The zero-order chi connectivity index (χ0) is 16.6. The van der Waals surface area contributed by atoms with Crippen molar-refractivity contribution in [3.8, 4) is 0 Å². The van der Waals surface area contributed by atoms with E-state index in [0.29, 0.717) is 0 Å². The molecule has 0 unspecified atom stereocenters. The molecule has 1 heterocycles. The third-order valence-electron chi connectivity index (χ3n) is 4.57. The van der Waals surface area contributed by atoms with Crippen molar-refractivity contribution >= 4 is 5.84 Å². The third kappa shape index (κ3) is 10.5. The lowest BCUT2D eigenvalue weighted by molar-refractivity contribution is 0.456. The summed E-state index contributed by atoms with van der Waals surface area (Å²) in [6.07, 6.45) is 20.7. The average Bonchev–Trinajstić information content (AvgIpc) is 2.99. The summed E-state index contributed by atoms with van der Waals surface area (Å²) in [5.74, 6) is 1.31. The number of hydrogen-bond acceptors (Lipinski definition) is 3. The van der Waals surface area contributed by atoms with E-state index in [-0.39, 0.29) is 0 Å². The summed E-state index contributed by atoms with van der Waals surface area (Å²) in [6.45, 7) is 6.02. The second kappa shape index (κ2) is 14.7. The Labute approximate surface area is 144 Å². The molecule has 0 saturated heterocycles. The van der Waals surface area contributed by atoms with Crippen molar-refractivity contribution in [1.82, 2.24) is 4.90 Å². The van der Waals surface area contributed by atoms with Crippen molar-refractivity contribution in [3.05, 3.63) is 12.2 Å². The molecule has 0 atom stereocenters. The zero-order valence-electron chi connectivity index (χ0n) is 15.4. The fraction of sp³-hybridized carbons (Fsp3) is 0.850. The number of allylic oxidation sites excluding steroid dienone is 2. The Morgan fingerprint density at radius 2 is 1.61 bits per heavy atom. The summed E-state index contributed by atoms with van der Waals surface area (Å²) in [4.78, 5) is 6.98. The van der Waals surface area contributed by atoms with Gasteiger partial charge in [-0.05, 0) is 25.7 Å². The second-order valence-corrected chi connectivity index (χ2v) is 6.70. The first-order chi connectivity index (χ1) is 11.4. The summed E-state index contributed by atoms with van der Waals surface area (Å²) >= 11 is 0. The summed E-state index contributed by atoms with van der Waals surface area (Å²) < 4.78 is 0. The van der Waals surface area contributed by atoms with Gasteiger partial charge >= 0.3 is 0 Å². The molecule has 0 aromatic carbocycles. The number of unbranched alkanes of at least 4 members (excludes halogenated alkanes) is 9. The van der Waals surface area contributed by atoms with Crippen molar-refractivity contribution in [2.75, 3.05) is 26.2 Å². The second-order valence-electron chi connectivity index (χ2n) is 6.70. The van der Waals surface area contributed by atoms with Gasteiger partial charge in [-0.2, -0.15) is 0 Å². The molecule has 0 amide bonds. The Morgan fingerprint density at radius 1 is 0.957 bits per heavy atom. The molecule has 0 spiro atoms. The topological polar surface area (TPSA) is 41.6 Å². The highest BCUT2D eigenvalue weighted by Crippen LogP contribution is 2.13. The van der Waals surface area contributed by atoms with Crippen LogP contribution >= 0.6 is 0 Å². The van der Waals surface area contributed by atoms with Gasteiger partial charge in [0, 0.05) is 26.1 Å². The maximum absolute atomic E-state index is 5.64. The number of nitrogens with zero attached hydrogens (tertiary/aromatic N) is 2. The Kier molecular flexibility index (Phi) is 13.0. The summed E-state index contributed by atoms with van der Waals surface area (Å²) in [7, 11) is 0. The monoisotopic (exact) mass is 321 g/mol. The normalized spacial score (nSPS) is 14.9. The molecule has 134 valence electrons. The first-order valence-corrected chi connectivity index (χ1v) is 10.0. The predicted octanol–water partition coefficient (Wildman–Crippen LogP) is 4.92. The minimum atomic E-state index is 0.743. The van der Waals surface area contributed by atoms with Gasteiger partial charge in [-0.25, -0.2) is 0 Å². The number of amidine groups is 1. The van der Waals surface area contributed by atoms with Crippen molar-refractivity contribution in [2.24, 2.45) is 10.7 Å². The van der Waals surface area contributed by atoms with Crippen LogP contribution in [0.4, 0.5) is 0 Å². The lowest BCUT2D eigenvalue weighted by Crippen LogP contribution is -2.32. The number of nitrogens with two attached hydrogens (primary N) is 1. The maximum Gasteiger partial charge on any atom is 0.0990 e. The highest BCUT2D eigenvalue weighted by atomic mass is 15.2. The number of rotatable bonds is 15. The van der Waals surface area contributed by atoms with Crippen LogP contribution in [0.15, 0.2) is 17.1 Å². The van der Waals surface area contributed by atoms with Gasteiger partial charge in [-0.15, -0.1) is 0 Å². The molecule has 0 bridgehead atoms. The van der Waals surface area contributed by atoms with E-state index in [0.717, 1.165) is 32.6 Å². The van der Waals surface area contributed by atoms with Gasteiger partial charge in [0.2, 0.25) is 0 Å². The lowest BCUT2D eigenvalue weighted by Gasteiger charge is -2.19. The largest absolute Gasteiger partial charge is 0.357 e. The van der Waals surface area contributed by atoms with Crippen LogP contribution in [0.1, 0.15) is 84.0 Å². The van der Waals surface area contributed by atoms with Crippen LogP contribution in [0.5, 0.6) is 0 Å². The van der Waals surface area contributed by atoms with E-state index in [1.807, 2.05) is 0 Å². The molecule has 0 aliphatic carbocycles. The lowest BCUT2D eigenvalue weighted by atomic mass is 10.1. The number of aliphatic imine (C=N–C) groups is 1. The third-order valence-corrected chi connectivity index (χ3v) is 4.57. The van der Waals surface area contributed by atoms with Crippen molar-refractivity contribution in [1.29, 1.82) is 0 Å². The molecule has 3 nitrogen and oxygen atoms in total. The van der Waals surface area contributed by atoms with Crippen molar-refractivity contribution in [3.63, 3.8) is 0 Å². The maximum atomic E-state index is 5.64. The minimum absolute atomic E-state index is 0.743. The fourth-order valence-electron chi connectivity index (χ4n) is 3.17. The van der Waals surface area contributed by atoms with E-state index < -0.39 is 0 Å². The van der Waals surface area contributed by atoms with E-state index >= 15 is 0 Å². The van der Waals surface area contributed by atoms with E-state index in [1.54, 1.807) is 0 Å². The van der Waals surface area contributed by atoms with Crippen LogP contribution in [-0.2, 0) is 0 Å². The quantitative estimate of drug-likeness (QED) is 0.344. The Bertz CT molecular complexity index is 323. The first-order valence-electron chi connectivity index (χ1n) is 10.0. The van der Waals surface area contributed by atoms with Gasteiger partial charge in [-0.3, -0.25) is 4.99 Å². The van der Waals surface area contributed by atoms with Gasteiger partial charge in [0.05, 0.1) is 12.4 Å². The van der Waals surface area contributed by atoms with Crippen LogP contribution in [0.2, 0.25) is 0 Å². The van der Waals surface area contributed by atoms with Crippen LogP contribution in [0.3, 0.4) is 0 Å². The predicted molar refractivity (Wildman–Crippen MR) is 103 cm³/mol. The molecular weight excluding hydrogens is 282 g/mol. The van der Waals surface area contributed by atoms with Gasteiger partial charge in [-0.1, -0.05) is 64.0 Å². The molecule has 0 saturated carbocycles. The molecule has 1 rings (SSSR count). The Hall–Kier alpha value is -0.830. The number of hydrogen-bond donors (Lipinski definition) is 1. The summed E-state index contributed by atoms with van der Waals surface area (Å²) in [5, 5.41) is 0.